The number of nitrogens with zero attached hydrogens (tertiary/aromatic N) is 2. The van der Waals surface area contributed by atoms with E-state index in [9.17, 15) is 9.90 Å². The maximum Gasteiger partial charge on any atom is 0.325 e. The molecule has 0 aliphatic carbocycles. The van der Waals surface area contributed by atoms with Crippen molar-refractivity contribution in [2.75, 3.05) is 33.2 Å². The number of hydrogen-bond acceptors (Lipinski definition) is 4. The smallest absolute Gasteiger partial charge is 0.325 e. The highest BCUT2D eigenvalue weighted by atomic mass is 35.5. The van der Waals surface area contributed by atoms with Crippen LogP contribution in [0.25, 0.3) is 10.1 Å². The molecule has 6 heteroatoms. The van der Waals surface area contributed by atoms with Crippen molar-refractivity contribution in [3.63, 3.8) is 0 Å². The first kappa shape index (κ1) is 16.2. The fourth-order valence-corrected chi connectivity index (χ4v) is 3.52. The van der Waals surface area contributed by atoms with Crippen LogP contribution in [-0.2, 0) is 4.79 Å². The molecule has 0 radical (unpaired) electrons. The van der Waals surface area contributed by atoms with Gasteiger partial charge in [0, 0.05) is 30.9 Å². The summed E-state index contributed by atoms with van der Waals surface area (Å²) in [6, 6.07) is 7.51. The van der Waals surface area contributed by atoms with E-state index >= 15 is 0 Å². The van der Waals surface area contributed by atoms with Gasteiger partial charge >= 0.3 is 5.97 Å². The predicted octanol–water partition coefficient (Wildman–Crippen LogP) is 2.70. The lowest BCUT2D eigenvalue weighted by Gasteiger charge is -2.36. The van der Waals surface area contributed by atoms with Crippen molar-refractivity contribution >= 4 is 39.8 Å². The summed E-state index contributed by atoms with van der Waals surface area (Å²) in [5, 5.41) is 12.8. The number of carboxylic acids is 1. The summed E-state index contributed by atoms with van der Waals surface area (Å²) in [4.78, 5) is 16.0. The van der Waals surface area contributed by atoms with Crippen molar-refractivity contribution in [2.45, 2.75) is 6.04 Å². The van der Waals surface area contributed by atoms with Crippen molar-refractivity contribution in [3.8, 4) is 0 Å². The summed E-state index contributed by atoms with van der Waals surface area (Å²) in [6.45, 7) is 3.44. The van der Waals surface area contributed by atoms with Crippen LogP contribution in [0, 0.1) is 0 Å². The van der Waals surface area contributed by atoms with Crippen molar-refractivity contribution in [1.29, 1.82) is 0 Å². The number of benzene rings is 1. The lowest BCUT2D eigenvalue weighted by atomic mass is 10.0. The number of halogens is 1. The largest absolute Gasteiger partial charge is 0.480 e. The normalized spacial score (nSPS) is 18.3. The fraction of sp³-hybridized carbons (Fsp3) is 0.400. The van der Waals surface area contributed by atoms with Crippen molar-refractivity contribution < 1.29 is 9.90 Å². The molecule has 2 aromatic rings. The summed E-state index contributed by atoms with van der Waals surface area (Å²) in [5.41, 5.74) is 0.882. The van der Waals surface area contributed by atoms with Crippen molar-refractivity contribution in [1.82, 2.24) is 9.80 Å². The third kappa shape index (κ3) is 3.37. The molecule has 21 heavy (non-hydrogen) atoms. The summed E-state index contributed by atoms with van der Waals surface area (Å²) < 4.78 is 1.20. The van der Waals surface area contributed by atoms with E-state index in [0.717, 1.165) is 37.1 Å². The van der Waals surface area contributed by atoms with Gasteiger partial charge in [-0.2, -0.15) is 0 Å². The van der Waals surface area contributed by atoms with Gasteiger partial charge in [-0.1, -0.05) is 6.07 Å². The number of piperazine rings is 1. The zero-order chi connectivity index (χ0) is 14.1. The van der Waals surface area contributed by atoms with E-state index in [1.54, 1.807) is 11.3 Å². The molecule has 0 saturated carbocycles. The second kappa shape index (κ2) is 6.75. The van der Waals surface area contributed by atoms with Gasteiger partial charge in [0.2, 0.25) is 0 Å². The average molecular weight is 327 g/mol. The molecule has 2 heterocycles. The molecule has 0 spiro atoms. The molecule has 114 valence electrons. The van der Waals surface area contributed by atoms with E-state index in [1.807, 2.05) is 29.6 Å². The minimum Gasteiger partial charge on any atom is -0.480 e. The molecule has 3 rings (SSSR count). The number of fused-ring (bicyclic) bond motifs is 1. The molecule has 0 amide bonds. The summed E-state index contributed by atoms with van der Waals surface area (Å²) in [6.07, 6.45) is 0. The molecular weight excluding hydrogens is 308 g/mol. The van der Waals surface area contributed by atoms with E-state index in [-0.39, 0.29) is 12.4 Å². The monoisotopic (exact) mass is 326 g/mol. The molecule has 1 saturated heterocycles. The van der Waals surface area contributed by atoms with Gasteiger partial charge in [-0.3, -0.25) is 9.69 Å². The Balaban J connectivity index is 0.00000161. The second-order valence-electron chi connectivity index (χ2n) is 5.30. The highest BCUT2D eigenvalue weighted by Gasteiger charge is 2.29. The molecule has 1 fully saturated rings. The Bertz CT molecular complexity index is 623. The zero-order valence-corrected chi connectivity index (χ0v) is 13.5. The van der Waals surface area contributed by atoms with E-state index in [2.05, 4.69) is 16.8 Å². The van der Waals surface area contributed by atoms with E-state index in [0.29, 0.717) is 0 Å². The Morgan fingerprint density at radius 1 is 1.24 bits per heavy atom. The third-order valence-corrected chi connectivity index (χ3v) is 4.83. The highest BCUT2D eigenvalue weighted by molar-refractivity contribution is 7.17. The van der Waals surface area contributed by atoms with E-state index in [1.165, 1.54) is 4.70 Å². The standard InChI is InChI=1S/C15H18N2O2S.ClH/c1-16-5-7-17(8-6-16)14(15(18)19)12-2-3-13-11(10-12)4-9-20-13;/h2-4,9-10,14H,5-8H2,1H3,(H,18,19);1H. The summed E-state index contributed by atoms with van der Waals surface area (Å²) in [7, 11) is 2.07. The highest BCUT2D eigenvalue weighted by Crippen LogP contribution is 2.28. The van der Waals surface area contributed by atoms with Gasteiger partial charge in [-0.05, 0) is 41.6 Å². The number of aliphatic carboxylic acids is 1. The second-order valence-corrected chi connectivity index (χ2v) is 6.25. The number of rotatable bonds is 3. The molecule has 1 atom stereocenters. The molecule has 4 nitrogen and oxygen atoms in total. The van der Waals surface area contributed by atoms with Crippen LogP contribution in [0.15, 0.2) is 29.6 Å². The predicted molar refractivity (Wildman–Crippen MR) is 88.5 cm³/mol. The van der Waals surface area contributed by atoms with Crippen LogP contribution < -0.4 is 0 Å². The Morgan fingerprint density at radius 2 is 1.95 bits per heavy atom. The zero-order valence-electron chi connectivity index (χ0n) is 11.9. The van der Waals surface area contributed by atoms with Gasteiger partial charge in [0.25, 0.3) is 0 Å². The van der Waals surface area contributed by atoms with Crippen LogP contribution in [0.1, 0.15) is 11.6 Å². The molecule has 0 bridgehead atoms. The number of carboxylic acid groups (broad SMARTS) is 1. The summed E-state index contributed by atoms with van der Waals surface area (Å²) >= 11 is 1.68. The number of hydrogen-bond donors (Lipinski definition) is 1. The minimum atomic E-state index is -0.760. The molecule has 1 aromatic carbocycles. The number of likely N-dealkylation sites (N-methyl/N-ethyl adjacent to an activating group) is 1. The van der Waals surface area contributed by atoms with Gasteiger partial charge in [0.1, 0.15) is 6.04 Å². The fourth-order valence-electron chi connectivity index (χ4n) is 2.74. The lowest BCUT2D eigenvalue weighted by Crippen LogP contribution is -2.47. The van der Waals surface area contributed by atoms with Gasteiger partial charge in [0.05, 0.1) is 0 Å². The molecule has 1 unspecified atom stereocenters. The molecule has 1 aliphatic rings. The first-order valence-corrected chi connectivity index (χ1v) is 7.65. The molecular formula is C15H19ClN2O2S. The minimum absolute atomic E-state index is 0. The Morgan fingerprint density at radius 3 is 2.62 bits per heavy atom. The maximum atomic E-state index is 11.7. The lowest BCUT2D eigenvalue weighted by molar-refractivity contribution is -0.144. The Labute approximate surface area is 134 Å². The maximum absolute atomic E-state index is 11.7. The Hall–Kier alpha value is -1.14. The molecule has 1 aromatic heterocycles. The van der Waals surface area contributed by atoms with Crippen LogP contribution in [0.5, 0.6) is 0 Å². The van der Waals surface area contributed by atoms with Crippen molar-refractivity contribution in [3.05, 3.63) is 35.2 Å². The van der Waals surface area contributed by atoms with Crippen molar-refractivity contribution in [2.24, 2.45) is 0 Å². The van der Waals surface area contributed by atoms with E-state index in [4.69, 9.17) is 0 Å². The van der Waals surface area contributed by atoms with Crippen LogP contribution >= 0.6 is 23.7 Å². The molecule has 1 aliphatic heterocycles. The van der Waals surface area contributed by atoms with Gasteiger partial charge in [-0.15, -0.1) is 23.7 Å². The van der Waals surface area contributed by atoms with Crippen LogP contribution in [0.2, 0.25) is 0 Å². The Kier molecular flexibility index (Phi) is 5.22. The van der Waals surface area contributed by atoms with Crippen LogP contribution in [0.4, 0.5) is 0 Å². The van der Waals surface area contributed by atoms with Gasteiger partial charge in [-0.25, -0.2) is 0 Å². The first-order chi connectivity index (χ1) is 9.65. The van der Waals surface area contributed by atoms with Crippen LogP contribution in [-0.4, -0.2) is 54.1 Å². The van der Waals surface area contributed by atoms with Gasteiger partial charge in [0.15, 0.2) is 0 Å². The van der Waals surface area contributed by atoms with E-state index < -0.39 is 12.0 Å². The quantitative estimate of drug-likeness (QED) is 0.942. The molecule has 1 N–H and O–H groups in total. The topological polar surface area (TPSA) is 43.8 Å². The summed E-state index contributed by atoms with van der Waals surface area (Å²) in [5.74, 6) is -0.760. The van der Waals surface area contributed by atoms with Crippen LogP contribution in [0.3, 0.4) is 0 Å². The first-order valence-electron chi connectivity index (χ1n) is 6.78. The SMILES string of the molecule is CN1CCN(C(C(=O)O)c2ccc3sccc3c2)CC1.Cl. The van der Waals surface area contributed by atoms with Gasteiger partial charge < -0.3 is 10.0 Å². The third-order valence-electron chi connectivity index (χ3n) is 3.93. The number of carbonyl (C=O) groups is 1. The average Bonchev–Trinajstić information content (AvgIpc) is 2.88. The number of thiophene rings is 1.